The molecule has 0 bridgehead atoms. The van der Waals surface area contributed by atoms with Gasteiger partial charge in [0.2, 0.25) is 11.7 Å². The average molecular weight is 951 g/mol. The number of rotatable bonds is 10. The molecule has 0 amide bonds. The van der Waals surface area contributed by atoms with Crippen LogP contribution in [0.15, 0.2) is 37.1 Å². The summed E-state index contributed by atoms with van der Waals surface area (Å²) >= 11 is 0. The standard InChI is InChI=1S/C30H35F3N10O.3C2HF3O2/c1-19(2)12-35-14-21-11-25(41-28(40-21)30(31,32)33)44-23-5-3-22(4-6-23)42-16-29(17-42,8-9-34)43-15-20(13-39-43)26-24-7-10-36-27(24)38-18-37-26;3*3-2(4,5)1(6)7/h7,10-11,13,15,18-19,22-23,35H,3-6,8,12,14,16-17H2,1-2H3,(H,36,37,38);3*(H,6,7). The maximum absolute atomic E-state index is 13.5. The summed E-state index contributed by atoms with van der Waals surface area (Å²) in [5.74, 6) is -9.13. The zero-order valence-corrected chi connectivity index (χ0v) is 33.6. The summed E-state index contributed by atoms with van der Waals surface area (Å²) in [5, 5.41) is 39.7. The Morgan fingerprint density at radius 3 is 1.95 bits per heavy atom. The number of aromatic nitrogens is 7. The van der Waals surface area contributed by atoms with Gasteiger partial charge in [-0.15, -0.1) is 0 Å². The van der Waals surface area contributed by atoms with Crippen LogP contribution in [0.2, 0.25) is 0 Å². The van der Waals surface area contributed by atoms with Crippen molar-refractivity contribution in [3.8, 4) is 23.2 Å². The van der Waals surface area contributed by atoms with Gasteiger partial charge in [-0.1, -0.05) is 13.8 Å². The van der Waals surface area contributed by atoms with Crippen LogP contribution in [0.25, 0.3) is 22.3 Å². The minimum atomic E-state index is -5.08. The molecule has 2 aliphatic rings. The van der Waals surface area contributed by atoms with Gasteiger partial charge in [0.25, 0.3) is 0 Å². The molecule has 29 heteroatoms. The lowest BCUT2D eigenvalue weighted by Gasteiger charge is -2.53. The lowest BCUT2D eigenvalue weighted by Crippen LogP contribution is -2.65. The van der Waals surface area contributed by atoms with Gasteiger partial charge in [-0.2, -0.15) is 68.0 Å². The first-order valence-corrected chi connectivity index (χ1v) is 18.6. The van der Waals surface area contributed by atoms with Crippen molar-refractivity contribution in [2.45, 2.75) is 94.9 Å². The number of carbonyl (C=O) groups is 3. The van der Waals surface area contributed by atoms with E-state index in [1.165, 1.54) is 12.4 Å². The molecule has 0 aromatic carbocycles. The van der Waals surface area contributed by atoms with E-state index in [4.69, 9.17) is 34.4 Å². The van der Waals surface area contributed by atoms with Crippen LogP contribution in [-0.4, -0.2) is 123 Å². The number of aliphatic carboxylic acids is 3. The fraction of sp³-hybridized carbons (Fsp3) is 0.528. The van der Waals surface area contributed by atoms with Gasteiger partial charge in [-0.3, -0.25) is 9.58 Å². The van der Waals surface area contributed by atoms with E-state index in [9.17, 15) is 57.9 Å². The minimum absolute atomic E-state index is 0.0378. The highest BCUT2D eigenvalue weighted by Gasteiger charge is 2.48. The number of carboxylic acids is 3. The maximum Gasteiger partial charge on any atom is 0.490 e. The van der Waals surface area contributed by atoms with Crippen molar-refractivity contribution in [1.29, 1.82) is 5.26 Å². The molecule has 17 nitrogen and oxygen atoms in total. The molecule has 0 unspecified atom stereocenters. The summed E-state index contributed by atoms with van der Waals surface area (Å²) in [7, 11) is 0. The number of hydrogen-bond donors (Lipinski definition) is 5. The van der Waals surface area contributed by atoms with Crippen molar-refractivity contribution in [1.82, 2.24) is 44.9 Å². The van der Waals surface area contributed by atoms with E-state index in [0.29, 0.717) is 50.9 Å². The third-order valence-electron chi connectivity index (χ3n) is 9.14. The van der Waals surface area contributed by atoms with Crippen LogP contribution in [0.3, 0.4) is 0 Å². The number of halogens is 12. The molecule has 1 saturated carbocycles. The highest BCUT2D eigenvalue weighted by molar-refractivity contribution is 5.90. The molecule has 1 saturated heterocycles. The summed E-state index contributed by atoms with van der Waals surface area (Å²) in [6.45, 7) is 6.30. The van der Waals surface area contributed by atoms with Gasteiger partial charge in [0.05, 0.1) is 30.1 Å². The monoisotopic (exact) mass is 950 g/mol. The number of aromatic amines is 1. The lowest BCUT2D eigenvalue weighted by atomic mass is 9.82. The second-order valence-electron chi connectivity index (χ2n) is 14.6. The minimum Gasteiger partial charge on any atom is -0.475 e. The van der Waals surface area contributed by atoms with Crippen LogP contribution in [0.4, 0.5) is 52.7 Å². The summed E-state index contributed by atoms with van der Waals surface area (Å²) in [6.07, 6.45) is -9.65. The van der Waals surface area contributed by atoms with Gasteiger partial charge in [0.15, 0.2) is 0 Å². The Kier molecular flexibility index (Phi) is 17.6. The van der Waals surface area contributed by atoms with Gasteiger partial charge < -0.3 is 30.4 Å². The topological polar surface area (TPSA) is 245 Å². The fourth-order valence-electron chi connectivity index (χ4n) is 6.20. The first-order valence-electron chi connectivity index (χ1n) is 18.6. The van der Waals surface area contributed by atoms with E-state index < -0.39 is 54.0 Å². The zero-order chi connectivity index (χ0) is 49.1. The van der Waals surface area contributed by atoms with E-state index in [1.54, 1.807) is 6.20 Å². The fourth-order valence-corrected chi connectivity index (χ4v) is 6.20. The molecule has 5 N–H and O–H groups in total. The number of ether oxygens (including phenoxy) is 1. The molecule has 0 radical (unpaired) electrons. The Hall–Kier alpha value is -6.31. The van der Waals surface area contributed by atoms with E-state index in [2.05, 4.69) is 46.3 Å². The van der Waals surface area contributed by atoms with Crippen molar-refractivity contribution >= 4 is 28.9 Å². The van der Waals surface area contributed by atoms with E-state index in [-0.39, 0.29) is 24.2 Å². The number of H-pyrrole nitrogens is 1. The van der Waals surface area contributed by atoms with E-state index in [1.807, 2.05) is 37.0 Å². The molecular weight excluding hydrogens is 912 g/mol. The first-order chi connectivity index (χ1) is 30.0. The third kappa shape index (κ3) is 15.7. The number of nitrogens with zero attached hydrogens (tertiary/aromatic N) is 8. The van der Waals surface area contributed by atoms with Crippen LogP contribution >= 0.6 is 0 Å². The predicted octanol–water partition coefficient (Wildman–Crippen LogP) is 6.59. The molecule has 6 rings (SSSR count). The molecule has 65 heavy (non-hydrogen) atoms. The molecule has 5 heterocycles. The molecule has 0 spiro atoms. The van der Waals surface area contributed by atoms with Gasteiger partial charge >= 0.3 is 42.6 Å². The quantitative estimate of drug-likeness (QED) is 0.105. The van der Waals surface area contributed by atoms with Crippen molar-refractivity contribution in [2.75, 3.05) is 19.6 Å². The predicted molar refractivity (Wildman–Crippen MR) is 196 cm³/mol. The summed E-state index contributed by atoms with van der Waals surface area (Å²) < 4.78 is 144. The van der Waals surface area contributed by atoms with E-state index in [0.717, 1.165) is 35.1 Å². The number of nitriles is 1. The number of hydrogen-bond acceptors (Lipinski definition) is 12. The number of fused-ring (bicyclic) bond motifs is 1. The Balaban J connectivity index is 0.000000443. The van der Waals surface area contributed by atoms with Crippen LogP contribution in [0.1, 0.15) is 57.5 Å². The molecule has 2 fully saturated rings. The lowest BCUT2D eigenvalue weighted by molar-refractivity contribution is -0.193. The Morgan fingerprint density at radius 2 is 1.46 bits per heavy atom. The van der Waals surface area contributed by atoms with Crippen molar-refractivity contribution < 1.29 is 87.1 Å². The molecular formula is C36H38F12N10O7. The molecule has 4 aromatic heterocycles. The number of likely N-dealkylation sites (tertiary alicyclic amines) is 1. The van der Waals surface area contributed by atoms with Crippen LogP contribution < -0.4 is 10.1 Å². The van der Waals surface area contributed by atoms with Gasteiger partial charge in [-0.25, -0.2) is 29.3 Å². The van der Waals surface area contributed by atoms with Crippen LogP contribution in [0, 0.1) is 17.2 Å². The zero-order valence-electron chi connectivity index (χ0n) is 33.6. The summed E-state index contributed by atoms with van der Waals surface area (Å²) in [6, 6.07) is 6.07. The van der Waals surface area contributed by atoms with Gasteiger partial charge in [-0.05, 0) is 44.2 Å². The average Bonchev–Trinajstić information content (AvgIpc) is 3.87. The van der Waals surface area contributed by atoms with Crippen LogP contribution in [-0.2, 0) is 32.6 Å². The van der Waals surface area contributed by atoms with Crippen molar-refractivity contribution in [2.24, 2.45) is 5.92 Å². The van der Waals surface area contributed by atoms with Crippen molar-refractivity contribution in [3.63, 3.8) is 0 Å². The summed E-state index contributed by atoms with van der Waals surface area (Å²) in [5.41, 5.74) is 2.23. The van der Waals surface area contributed by atoms with Crippen molar-refractivity contribution in [3.05, 3.63) is 48.6 Å². The number of nitrogens with one attached hydrogen (secondary N) is 2. The highest BCUT2D eigenvalue weighted by Crippen LogP contribution is 2.39. The number of carboxylic acid groups (broad SMARTS) is 3. The Bertz CT molecular complexity index is 2200. The third-order valence-corrected chi connectivity index (χ3v) is 9.14. The van der Waals surface area contributed by atoms with E-state index >= 15 is 0 Å². The Labute approximate surface area is 358 Å². The highest BCUT2D eigenvalue weighted by atomic mass is 19.4. The smallest absolute Gasteiger partial charge is 0.475 e. The second-order valence-corrected chi connectivity index (χ2v) is 14.6. The largest absolute Gasteiger partial charge is 0.490 e. The SMILES string of the molecule is CC(C)CNCc1cc(OC2CCC(N3CC(CC#N)(n4cc(-c5ncnc6[nH]ccc56)cn4)C3)CC2)nc(C(F)(F)F)n1.O=C(O)C(F)(F)F.O=C(O)C(F)(F)F.O=C(O)C(F)(F)F. The second kappa shape index (κ2) is 21.6. The number of alkyl halides is 12. The van der Waals surface area contributed by atoms with Crippen LogP contribution in [0.5, 0.6) is 5.88 Å². The Morgan fingerprint density at radius 1 is 0.908 bits per heavy atom. The molecule has 358 valence electrons. The first kappa shape index (κ1) is 53.0. The molecule has 1 aliphatic carbocycles. The van der Waals surface area contributed by atoms with Gasteiger partial charge in [0.1, 0.15) is 23.6 Å². The molecule has 1 aliphatic heterocycles. The normalized spacial score (nSPS) is 17.5. The van der Waals surface area contributed by atoms with Gasteiger partial charge in [0, 0.05) is 55.1 Å². The summed E-state index contributed by atoms with van der Waals surface area (Å²) in [4.78, 5) is 48.3. The molecule has 4 aromatic rings. The molecule has 0 atom stereocenters. The maximum atomic E-state index is 13.5.